The van der Waals surface area contributed by atoms with Crippen LogP contribution in [0.4, 0.5) is 0 Å². The normalized spacial score (nSPS) is 39.8. The molecule has 1 aliphatic carbocycles. The van der Waals surface area contributed by atoms with Crippen molar-refractivity contribution in [1.82, 2.24) is 0 Å². The van der Waals surface area contributed by atoms with Gasteiger partial charge in [-0.1, -0.05) is 48.0 Å². The molecular formula is C11H22. The van der Waals surface area contributed by atoms with Gasteiger partial charge in [0.05, 0.1) is 0 Å². The van der Waals surface area contributed by atoms with E-state index in [1.807, 2.05) is 0 Å². The van der Waals surface area contributed by atoms with Crippen LogP contribution < -0.4 is 0 Å². The minimum absolute atomic E-state index is 0.582. The molecule has 0 nitrogen and oxygen atoms in total. The molecule has 0 heteroatoms. The molecule has 0 aliphatic heterocycles. The summed E-state index contributed by atoms with van der Waals surface area (Å²) in [6.07, 6.45) is 1.34. The second-order valence-electron chi connectivity index (χ2n) is 5.33. The Kier molecular flexibility index (Phi) is 1.85. The molecule has 0 aromatic carbocycles. The van der Waals surface area contributed by atoms with Crippen LogP contribution in [0.15, 0.2) is 0 Å². The predicted molar refractivity (Wildman–Crippen MR) is 50.5 cm³/mol. The highest BCUT2D eigenvalue weighted by Crippen LogP contribution is 2.64. The summed E-state index contributed by atoms with van der Waals surface area (Å²) < 4.78 is 0. The van der Waals surface area contributed by atoms with Crippen molar-refractivity contribution >= 4 is 0 Å². The van der Waals surface area contributed by atoms with Gasteiger partial charge in [-0.25, -0.2) is 0 Å². The second-order valence-corrected chi connectivity index (χ2v) is 5.33. The van der Waals surface area contributed by atoms with E-state index < -0.39 is 0 Å². The third kappa shape index (κ3) is 0.947. The Morgan fingerprint density at radius 3 is 1.55 bits per heavy atom. The topological polar surface area (TPSA) is 0 Å². The van der Waals surface area contributed by atoms with Crippen LogP contribution in [0.5, 0.6) is 0 Å². The molecule has 0 spiro atoms. The largest absolute Gasteiger partial charge is 0.0651 e. The number of rotatable bonds is 1. The molecule has 0 radical (unpaired) electrons. The fourth-order valence-electron chi connectivity index (χ4n) is 3.48. The van der Waals surface area contributed by atoms with E-state index in [0.717, 1.165) is 11.8 Å². The molecule has 0 N–H and O–H groups in total. The molecule has 11 heavy (non-hydrogen) atoms. The van der Waals surface area contributed by atoms with Crippen molar-refractivity contribution in [1.29, 1.82) is 0 Å². The summed E-state index contributed by atoms with van der Waals surface area (Å²) in [5, 5.41) is 0. The smallest absolute Gasteiger partial charge is 0.0290 e. The Bertz CT molecular complexity index is 137. The predicted octanol–water partition coefficient (Wildman–Crippen LogP) is 3.71. The lowest BCUT2D eigenvalue weighted by Gasteiger charge is -2.64. The van der Waals surface area contributed by atoms with Crippen LogP contribution in [0.25, 0.3) is 0 Å². The van der Waals surface area contributed by atoms with Crippen LogP contribution in [0.3, 0.4) is 0 Å². The van der Waals surface area contributed by atoms with Crippen molar-refractivity contribution in [2.75, 3.05) is 0 Å². The molecule has 0 aromatic rings. The maximum absolute atomic E-state index is 2.41. The van der Waals surface area contributed by atoms with Gasteiger partial charge < -0.3 is 0 Å². The lowest BCUT2D eigenvalue weighted by atomic mass is 9.41. The van der Waals surface area contributed by atoms with E-state index in [4.69, 9.17) is 0 Å². The standard InChI is InChI=1S/C11H22/c1-7-9-10(3,4)8(2)11(9,5)6/h8-9H,7H2,1-6H3. The van der Waals surface area contributed by atoms with Gasteiger partial charge in [-0.2, -0.15) is 0 Å². The van der Waals surface area contributed by atoms with E-state index in [1.54, 1.807) is 0 Å². The molecule has 0 saturated heterocycles. The molecule has 0 amide bonds. The van der Waals surface area contributed by atoms with Crippen LogP contribution in [0.2, 0.25) is 0 Å². The van der Waals surface area contributed by atoms with Gasteiger partial charge in [-0.3, -0.25) is 0 Å². The second kappa shape index (κ2) is 2.24. The highest BCUT2D eigenvalue weighted by atomic mass is 14.6. The molecule has 0 heterocycles. The highest BCUT2D eigenvalue weighted by molar-refractivity contribution is 5.05. The molecule has 66 valence electrons. The molecule has 0 aromatic heterocycles. The Morgan fingerprint density at radius 2 is 1.36 bits per heavy atom. The summed E-state index contributed by atoms with van der Waals surface area (Å²) >= 11 is 0. The molecule has 0 bridgehead atoms. The van der Waals surface area contributed by atoms with Crippen molar-refractivity contribution in [2.45, 2.75) is 48.0 Å². The molecule has 1 aliphatic rings. The summed E-state index contributed by atoms with van der Waals surface area (Å²) in [7, 11) is 0. The molecular weight excluding hydrogens is 132 g/mol. The van der Waals surface area contributed by atoms with Crippen molar-refractivity contribution in [3.63, 3.8) is 0 Å². The third-order valence-electron chi connectivity index (χ3n) is 4.44. The molecule has 0 atom stereocenters. The monoisotopic (exact) mass is 154 g/mol. The van der Waals surface area contributed by atoms with E-state index in [2.05, 4.69) is 41.5 Å². The van der Waals surface area contributed by atoms with Gasteiger partial charge in [0.25, 0.3) is 0 Å². The zero-order chi connectivity index (χ0) is 8.86. The van der Waals surface area contributed by atoms with Gasteiger partial charge in [0.1, 0.15) is 0 Å². The fourth-order valence-corrected chi connectivity index (χ4v) is 3.48. The van der Waals surface area contributed by atoms with E-state index >= 15 is 0 Å². The van der Waals surface area contributed by atoms with Crippen LogP contribution in [-0.2, 0) is 0 Å². The maximum Gasteiger partial charge on any atom is -0.0290 e. The number of hydrogen-bond acceptors (Lipinski definition) is 0. The minimum Gasteiger partial charge on any atom is -0.0651 e. The summed E-state index contributed by atoms with van der Waals surface area (Å²) in [5.74, 6) is 1.80. The summed E-state index contributed by atoms with van der Waals surface area (Å²) in [4.78, 5) is 0. The van der Waals surface area contributed by atoms with Crippen molar-refractivity contribution in [3.8, 4) is 0 Å². The summed E-state index contributed by atoms with van der Waals surface area (Å²) in [5.41, 5.74) is 1.16. The van der Waals surface area contributed by atoms with Gasteiger partial charge in [-0.05, 0) is 22.7 Å². The zero-order valence-electron chi connectivity index (χ0n) is 8.86. The minimum atomic E-state index is 0.582. The van der Waals surface area contributed by atoms with E-state index in [9.17, 15) is 0 Å². The summed E-state index contributed by atoms with van der Waals surface area (Å²) in [6.45, 7) is 14.4. The van der Waals surface area contributed by atoms with E-state index in [1.165, 1.54) is 6.42 Å². The zero-order valence-corrected chi connectivity index (χ0v) is 8.86. The quantitative estimate of drug-likeness (QED) is 0.540. The van der Waals surface area contributed by atoms with E-state index in [-0.39, 0.29) is 0 Å². The van der Waals surface area contributed by atoms with Crippen LogP contribution in [-0.4, -0.2) is 0 Å². The lowest BCUT2D eigenvalue weighted by Crippen LogP contribution is -2.57. The average molecular weight is 154 g/mol. The Morgan fingerprint density at radius 1 is 1.00 bits per heavy atom. The van der Waals surface area contributed by atoms with Gasteiger partial charge in [-0.15, -0.1) is 0 Å². The lowest BCUT2D eigenvalue weighted by molar-refractivity contribution is -0.153. The average Bonchev–Trinajstić information content (AvgIpc) is 1.86. The first kappa shape index (κ1) is 9.09. The third-order valence-corrected chi connectivity index (χ3v) is 4.44. The fraction of sp³-hybridized carbons (Fsp3) is 1.00. The first-order valence-corrected chi connectivity index (χ1v) is 4.85. The maximum atomic E-state index is 2.41. The Balaban J connectivity index is 2.79. The Hall–Kier alpha value is 0. The summed E-state index contributed by atoms with van der Waals surface area (Å²) in [6, 6.07) is 0. The first-order valence-electron chi connectivity index (χ1n) is 4.85. The number of hydrogen-bond donors (Lipinski definition) is 0. The van der Waals surface area contributed by atoms with Gasteiger partial charge in [0.2, 0.25) is 0 Å². The van der Waals surface area contributed by atoms with Gasteiger partial charge >= 0.3 is 0 Å². The molecule has 1 saturated carbocycles. The van der Waals surface area contributed by atoms with Crippen LogP contribution in [0, 0.1) is 22.7 Å². The van der Waals surface area contributed by atoms with Gasteiger partial charge in [0.15, 0.2) is 0 Å². The molecule has 0 unspecified atom stereocenters. The van der Waals surface area contributed by atoms with Gasteiger partial charge in [0, 0.05) is 0 Å². The Labute approximate surface area is 71.4 Å². The molecule has 1 fully saturated rings. The first-order chi connectivity index (χ1) is 4.85. The van der Waals surface area contributed by atoms with Crippen molar-refractivity contribution < 1.29 is 0 Å². The van der Waals surface area contributed by atoms with Crippen molar-refractivity contribution in [2.24, 2.45) is 22.7 Å². The van der Waals surface area contributed by atoms with Crippen LogP contribution >= 0.6 is 0 Å². The van der Waals surface area contributed by atoms with Crippen LogP contribution in [0.1, 0.15) is 48.0 Å². The highest BCUT2D eigenvalue weighted by Gasteiger charge is 2.57. The van der Waals surface area contributed by atoms with E-state index in [0.29, 0.717) is 10.8 Å². The van der Waals surface area contributed by atoms with Crippen molar-refractivity contribution in [3.05, 3.63) is 0 Å². The molecule has 1 rings (SSSR count). The SMILES string of the molecule is CCC1C(C)(C)C(C)C1(C)C.